The van der Waals surface area contributed by atoms with E-state index in [9.17, 15) is 4.79 Å². The maximum absolute atomic E-state index is 10.5. The molecule has 0 unspecified atom stereocenters. The standard InChI is InChI=1S/C11H11BrN2O2/c12-9-3-1-2-4-10(9)14(8-6-13)7-5-11(15)16/h1-4H,5,7-8H2,(H,15,16). The van der Waals surface area contributed by atoms with E-state index in [0.29, 0.717) is 6.54 Å². The Kier molecular flexibility index (Phi) is 4.80. The van der Waals surface area contributed by atoms with Gasteiger partial charge in [0.2, 0.25) is 0 Å². The highest BCUT2D eigenvalue weighted by Gasteiger charge is 2.10. The number of aliphatic carboxylic acids is 1. The number of halogens is 1. The zero-order chi connectivity index (χ0) is 12.0. The van der Waals surface area contributed by atoms with Gasteiger partial charge in [0.1, 0.15) is 6.54 Å². The van der Waals surface area contributed by atoms with E-state index >= 15 is 0 Å². The van der Waals surface area contributed by atoms with Crippen LogP contribution in [-0.2, 0) is 4.79 Å². The summed E-state index contributed by atoms with van der Waals surface area (Å²) in [4.78, 5) is 12.2. The molecule has 1 N–H and O–H groups in total. The predicted molar refractivity (Wildman–Crippen MR) is 64.2 cm³/mol. The molecule has 0 aliphatic carbocycles. The first-order chi connectivity index (χ1) is 7.65. The van der Waals surface area contributed by atoms with E-state index in [1.807, 2.05) is 30.3 Å². The Bertz CT molecular complexity index is 415. The van der Waals surface area contributed by atoms with Crippen LogP contribution in [0.2, 0.25) is 0 Å². The SMILES string of the molecule is N#CCN(CCC(=O)O)c1ccccc1Br. The van der Waals surface area contributed by atoms with Crippen molar-refractivity contribution in [2.24, 2.45) is 0 Å². The summed E-state index contributed by atoms with van der Waals surface area (Å²) in [7, 11) is 0. The van der Waals surface area contributed by atoms with Crippen LogP contribution < -0.4 is 4.90 Å². The van der Waals surface area contributed by atoms with E-state index in [0.717, 1.165) is 10.2 Å². The molecule has 0 aliphatic heterocycles. The highest BCUT2D eigenvalue weighted by Crippen LogP contribution is 2.25. The molecule has 0 aliphatic rings. The molecular weight excluding hydrogens is 272 g/mol. The zero-order valence-electron chi connectivity index (χ0n) is 8.56. The fraction of sp³-hybridized carbons (Fsp3) is 0.273. The lowest BCUT2D eigenvalue weighted by molar-refractivity contribution is -0.136. The van der Waals surface area contributed by atoms with E-state index in [1.54, 1.807) is 4.90 Å². The molecule has 0 atom stereocenters. The van der Waals surface area contributed by atoms with Gasteiger partial charge in [-0.3, -0.25) is 4.79 Å². The number of carboxylic acids is 1. The Labute approximate surface area is 102 Å². The van der Waals surface area contributed by atoms with Gasteiger partial charge in [-0.2, -0.15) is 5.26 Å². The maximum Gasteiger partial charge on any atom is 0.305 e. The molecule has 0 fully saturated rings. The molecule has 84 valence electrons. The van der Waals surface area contributed by atoms with Crippen molar-refractivity contribution in [1.82, 2.24) is 0 Å². The van der Waals surface area contributed by atoms with Crippen molar-refractivity contribution >= 4 is 27.6 Å². The Morgan fingerprint density at radius 2 is 2.19 bits per heavy atom. The normalized spacial score (nSPS) is 9.50. The average Bonchev–Trinajstić information content (AvgIpc) is 2.25. The molecule has 5 heteroatoms. The largest absolute Gasteiger partial charge is 0.481 e. The number of carbonyl (C=O) groups is 1. The van der Waals surface area contributed by atoms with E-state index in [4.69, 9.17) is 10.4 Å². The van der Waals surface area contributed by atoms with Gasteiger partial charge in [0.15, 0.2) is 0 Å². The van der Waals surface area contributed by atoms with Crippen molar-refractivity contribution in [3.8, 4) is 6.07 Å². The summed E-state index contributed by atoms with van der Waals surface area (Å²) in [6.07, 6.45) is 0.0169. The van der Waals surface area contributed by atoms with E-state index < -0.39 is 5.97 Å². The number of hydrogen-bond donors (Lipinski definition) is 1. The average molecular weight is 283 g/mol. The number of carboxylic acid groups (broad SMARTS) is 1. The van der Waals surface area contributed by atoms with Crippen LogP contribution in [0.25, 0.3) is 0 Å². The third-order valence-electron chi connectivity index (χ3n) is 2.05. The number of anilines is 1. The topological polar surface area (TPSA) is 64.3 Å². The fourth-order valence-electron chi connectivity index (χ4n) is 1.31. The molecule has 0 heterocycles. The third kappa shape index (κ3) is 3.55. The van der Waals surface area contributed by atoms with Crippen molar-refractivity contribution in [3.63, 3.8) is 0 Å². The first-order valence-electron chi connectivity index (χ1n) is 4.73. The van der Waals surface area contributed by atoms with E-state index in [1.165, 1.54) is 0 Å². The molecule has 0 amide bonds. The van der Waals surface area contributed by atoms with Crippen LogP contribution in [0.3, 0.4) is 0 Å². The molecular formula is C11H11BrN2O2. The molecule has 0 aromatic heterocycles. The van der Waals surface area contributed by atoms with Crippen molar-refractivity contribution < 1.29 is 9.90 Å². The summed E-state index contributed by atoms with van der Waals surface area (Å²) in [5, 5.41) is 17.3. The molecule has 4 nitrogen and oxygen atoms in total. The van der Waals surface area contributed by atoms with Crippen LogP contribution in [0.15, 0.2) is 28.7 Å². The molecule has 0 spiro atoms. The summed E-state index contributed by atoms with van der Waals surface area (Å²) in [6.45, 7) is 0.501. The van der Waals surface area contributed by atoms with Crippen molar-refractivity contribution in [3.05, 3.63) is 28.7 Å². The highest BCUT2D eigenvalue weighted by molar-refractivity contribution is 9.10. The van der Waals surface area contributed by atoms with Crippen molar-refractivity contribution in [1.29, 1.82) is 5.26 Å². The minimum atomic E-state index is -0.866. The van der Waals surface area contributed by atoms with Crippen LogP contribution in [0.1, 0.15) is 6.42 Å². The second kappa shape index (κ2) is 6.13. The van der Waals surface area contributed by atoms with Crippen LogP contribution in [0, 0.1) is 11.3 Å². The van der Waals surface area contributed by atoms with Gasteiger partial charge >= 0.3 is 5.97 Å². The lowest BCUT2D eigenvalue weighted by atomic mass is 10.2. The number of para-hydroxylation sites is 1. The van der Waals surface area contributed by atoms with Gasteiger partial charge in [-0.25, -0.2) is 0 Å². The number of nitrogens with zero attached hydrogens (tertiary/aromatic N) is 2. The Balaban J connectivity index is 2.81. The van der Waals surface area contributed by atoms with Crippen LogP contribution >= 0.6 is 15.9 Å². The first kappa shape index (κ1) is 12.5. The summed E-state index contributed by atoms with van der Waals surface area (Å²) >= 11 is 3.38. The molecule has 0 saturated heterocycles. The maximum atomic E-state index is 10.5. The Hall–Kier alpha value is -1.54. The van der Waals surface area contributed by atoms with Gasteiger partial charge in [0.25, 0.3) is 0 Å². The molecule has 0 radical (unpaired) electrons. The summed E-state index contributed by atoms with van der Waals surface area (Å²) in [5.74, 6) is -0.866. The Morgan fingerprint density at radius 1 is 1.50 bits per heavy atom. The molecule has 0 bridgehead atoms. The van der Waals surface area contributed by atoms with E-state index in [2.05, 4.69) is 15.9 Å². The molecule has 0 saturated carbocycles. The number of rotatable bonds is 5. The van der Waals surface area contributed by atoms with E-state index in [-0.39, 0.29) is 13.0 Å². The number of nitriles is 1. The monoisotopic (exact) mass is 282 g/mol. The molecule has 16 heavy (non-hydrogen) atoms. The smallest absolute Gasteiger partial charge is 0.305 e. The second-order valence-corrected chi connectivity index (χ2v) is 4.03. The quantitative estimate of drug-likeness (QED) is 0.842. The highest BCUT2D eigenvalue weighted by atomic mass is 79.9. The molecule has 1 rings (SSSR count). The van der Waals surface area contributed by atoms with Gasteiger partial charge in [-0.15, -0.1) is 0 Å². The van der Waals surface area contributed by atoms with Gasteiger partial charge in [-0.05, 0) is 28.1 Å². The van der Waals surface area contributed by atoms with Crippen molar-refractivity contribution in [2.75, 3.05) is 18.0 Å². The predicted octanol–water partition coefficient (Wildman–Crippen LogP) is 2.25. The minimum Gasteiger partial charge on any atom is -0.481 e. The Morgan fingerprint density at radius 3 is 2.75 bits per heavy atom. The summed E-state index contributed by atoms with van der Waals surface area (Å²) in [5.41, 5.74) is 0.838. The van der Waals surface area contributed by atoms with Gasteiger partial charge < -0.3 is 10.0 Å². The molecule has 1 aromatic rings. The minimum absolute atomic E-state index is 0.0169. The summed E-state index contributed by atoms with van der Waals surface area (Å²) in [6, 6.07) is 9.46. The number of hydrogen-bond acceptors (Lipinski definition) is 3. The van der Waals surface area contributed by atoms with Gasteiger partial charge in [0, 0.05) is 11.0 Å². The fourth-order valence-corrected chi connectivity index (χ4v) is 1.84. The van der Waals surface area contributed by atoms with Gasteiger partial charge in [-0.1, -0.05) is 12.1 Å². The third-order valence-corrected chi connectivity index (χ3v) is 2.72. The number of benzene rings is 1. The lowest BCUT2D eigenvalue weighted by Crippen LogP contribution is -2.26. The van der Waals surface area contributed by atoms with Crippen LogP contribution in [0.5, 0.6) is 0 Å². The molecule has 1 aromatic carbocycles. The second-order valence-electron chi connectivity index (χ2n) is 3.17. The zero-order valence-corrected chi connectivity index (χ0v) is 10.1. The lowest BCUT2D eigenvalue weighted by Gasteiger charge is -2.21. The van der Waals surface area contributed by atoms with Gasteiger partial charge in [0.05, 0.1) is 18.2 Å². The summed E-state index contributed by atoms with van der Waals surface area (Å²) < 4.78 is 0.857. The van der Waals surface area contributed by atoms with Crippen molar-refractivity contribution in [2.45, 2.75) is 6.42 Å². The van der Waals surface area contributed by atoms with Crippen LogP contribution in [0.4, 0.5) is 5.69 Å². The first-order valence-corrected chi connectivity index (χ1v) is 5.52. The van der Waals surface area contributed by atoms with Crippen LogP contribution in [-0.4, -0.2) is 24.2 Å².